The average Bonchev–Trinajstić information content (AvgIpc) is 3.11. The molecule has 0 bridgehead atoms. The van der Waals surface area contributed by atoms with E-state index in [0.29, 0.717) is 26.8 Å². The van der Waals surface area contributed by atoms with Crippen molar-refractivity contribution in [3.8, 4) is 17.1 Å². The molecule has 28 heavy (non-hydrogen) atoms. The van der Waals surface area contributed by atoms with E-state index in [9.17, 15) is 4.39 Å². The summed E-state index contributed by atoms with van der Waals surface area (Å²) in [5.41, 5.74) is 2.74. The quantitative estimate of drug-likeness (QED) is 0.331. The van der Waals surface area contributed by atoms with Gasteiger partial charge in [-0.15, -0.1) is 10.2 Å². The second kappa shape index (κ2) is 8.35. The van der Waals surface area contributed by atoms with Crippen LogP contribution < -0.4 is 0 Å². The summed E-state index contributed by atoms with van der Waals surface area (Å²) >= 11 is 13.6. The maximum absolute atomic E-state index is 13.4. The van der Waals surface area contributed by atoms with Gasteiger partial charge in [-0.25, -0.2) is 4.39 Å². The molecule has 4 aromatic rings. The molecule has 0 atom stereocenters. The van der Waals surface area contributed by atoms with Crippen LogP contribution in [0.1, 0.15) is 5.56 Å². The molecule has 0 unspecified atom stereocenters. The number of hydrogen-bond acceptors (Lipinski definition) is 3. The topological polar surface area (TPSA) is 30.7 Å². The van der Waals surface area contributed by atoms with Gasteiger partial charge < -0.3 is 0 Å². The Morgan fingerprint density at radius 2 is 1.61 bits per heavy atom. The Balaban J connectivity index is 1.73. The Morgan fingerprint density at radius 1 is 0.857 bits per heavy atom. The lowest BCUT2D eigenvalue weighted by Gasteiger charge is -2.10. The van der Waals surface area contributed by atoms with Crippen LogP contribution in [0.15, 0.2) is 78.0 Å². The summed E-state index contributed by atoms with van der Waals surface area (Å²) in [5.74, 6) is 1.05. The first kappa shape index (κ1) is 19.0. The number of thioether (sulfide) groups is 1. The minimum Gasteiger partial charge on any atom is -0.270 e. The van der Waals surface area contributed by atoms with Crippen molar-refractivity contribution in [1.82, 2.24) is 14.8 Å². The minimum absolute atomic E-state index is 0.294. The Bertz CT molecular complexity index is 1100. The van der Waals surface area contributed by atoms with Crippen molar-refractivity contribution in [3.63, 3.8) is 0 Å². The molecule has 0 aliphatic rings. The lowest BCUT2D eigenvalue weighted by atomic mass is 10.2. The normalized spacial score (nSPS) is 11.0. The molecular weight excluding hydrogens is 416 g/mol. The molecule has 0 N–H and O–H groups in total. The van der Waals surface area contributed by atoms with E-state index < -0.39 is 0 Å². The monoisotopic (exact) mass is 429 g/mol. The first-order valence-corrected chi connectivity index (χ1v) is 10.2. The lowest BCUT2D eigenvalue weighted by Crippen LogP contribution is -2.00. The molecule has 0 radical (unpaired) electrons. The molecule has 1 heterocycles. The number of hydrogen-bond donors (Lipinski definition) is 0. The Labute approximate surface area is 176 Å². The van der Waals surface area contributed by atoms with Gasteiger partial charge in [-0.3, -0.25) is 4.57 Å². The van der Waals surface area contributed by atoms with Crippen LogP contribution in [0.2, 0.25) is 10.0 Å². The van der Waals surface area contributed by atoms with Crippen LogP contribution in [0.25, 0.3) is 17.1 Å². The predicted molar refractivity (Wildman–Crippen MR) is 113 cm³/mol. The first-order valence-electron chi connectivity index (χ1n) is 8.45. The summed E-state index contributed by atoms with van der Waals surface area (Å²) in [6.45, 7) is 0. The maximum atomic E-state index is 13.4. The second-order valence-corrected chi connectivity index (χ2v) is 7.86. The number of nitrogens with zero attached hydrogens (tertiary/aromatic N) is 3. The third kappa shape index (κ3) is 4.22. The van der Waals surface area contributed by atoms with E-state index in [0.717, 1.165) is 16.8 Å². The number of benzene rings is 3. The average molecular weight is 430 g/mol. The van der Waals surface area contributed by atoms with Crippen molar-refractivity contribution in [2.45, 2.75) is 10.9 Å². The van der Waals surface area contributed by atoms with Crippen molar-refractivity contribution >= 4 is 35.0 Å². The standard InChI is InChI=1S/C21H14Cl2FN3S/c22-16-6-4-15(5-7-16)20-25-26-21(27(20)19-10-8-18(24)9-11-19)28-13-14-2-1-3-17(23)12-14/h1-12H,13H2. The lowest BCUT2D eigenvalue weighted by molar-refractivity contribution is 0.627. The molecule has 0 aliphatic carbocycles. The van der Waals surface area contributed by atoms with Gasteiger partial charge >= 0.3 is 0 Å². The van der Waals surface area contributed by atoms with Crippen LogP contribution in [0.4, 0.5) is 4.39 Å². The Kier molecular flexibility index (Phi) is 5.67. The molecule has 1 aromatic heterocycles. The number of rotatable bonds is 5. The van der Waals surface area contributed by atoms with Crippen molar-refractivity contribution in [2.75, 3.05) is 0 Å². The van der Waals surface area contributed by atoms with Crippen molar-refractivity contribution < 1.29 is 4.39 Å². The predicted octanol–water partition coefficient (Wildman–Crippen LogP) is 6.67. The SMILES string of the molecule is Fc1ccc(-n2c(SCc3cccc(Cl)c3)nnc2-c2ccc(Cl)cc2)cc1. The summed E-state index contributed by atoms with van der Waals surface area (Å²) in [6.07, 6.45) is 0. The van der Waals surface area contributed by atoms with E-state index in [2.05, 4.69) is 10.2 Å². The van der Waals surface area contributed by atoms with Gasteiger partial charge in [0, 0.05) is 27.0 Å². The zero-order valence-electron chi connectivity index (χ0n) is 14.5. The molecule has 4 rings (SSSR count). The maximum Gasteiger partial charge on any atom is 0.196 e. The zero-order valence-corrected chi connectivity index (χ0v) is 16.8. The molecule has 0 amide bonds. The molecule has 0 saturated heterocycles. The van der Waals surface area contributed by atoms with E-state index >= 15 is 0 Å². The van der Waals surface area contributed by atoms with E-state index in [1.54, 1.807) is 24.3 Å². The van der Waals surface area contributed by atoms with E-state index in [1.165, 1.54) is 23.9 Å². The summed E-state index contributed by atoms with van der Waals surface area (Å²) in [6, 6.07) is 21.3. The number of aromatic nitrogens is 3. The smallest absolute Gasteiger partial charge is 0.196 e. The van der Waals surface area contributed by atoms with Gasteiger partial charge in [0.1, 0.15) is 5.82 Å². The Morgan fingerprint density at radius 3 is 2.32 bits per heavy atom. The van der Waals surface area contributed by atoms with Gasteiger partial charge in [-0.05, 0) is 66.2 Å². The van der Waals surface area contributed by atoms with Gasteiger partial charge in [-0.2, -0.15) is 0 Å². The fourth-order valence-electron chi connectivity index (χ4n) is 2.75. The highest BCUT2D eigenvalue weighted by molar-refractivity contribution is 7.98. The first-order chi connectivity index (χ1) is 13.6. The van der Waals surface area contributed by atoms with Gasteiger partial charge in [0.25, 0.3) is 0 Å². The largest absolute Gasteiger partial charge is 0.270 e. The van der Waals surface area contributed by atoms with E-state index in [-0.39, 0.29) is 5.82 Å². The molecule has 0 aliphatic heterocycles. The molecular formula is C21H14Cl2FN3S. The van der Waals surface area contributed by atoms with Crippen LogP contribution in [-0.4, -0.2) is 14.8 Å². The molecule has 3 aromatic carbocycles. The summed E-state index contributed by atoms with van der Waals surface area (Å²) in [4.78, 5) is 0. The van der Waals surface area contributed by atoms with E-state index in [4.69, 9.17) is 23.2 Å². The summed E-state index contributed by atoms with van der Waals surface area (Å²) in [5, 5.41) is 10.8. The van der Waals surface area contributed by atoms with Crippen LogP contribution in [0, 0.1) is 5.82 Å². The van der Waals surface area contributed by atoms with Crippen LogP contribution in [0.3, 0.4) is 0 Å². The van der Waals surface area contributed by atoms with Gasteiger partial charge in [0.05, 0.1) is 0 Å². The fourth-order valence-corrected chi connectivity index (χ4v) is 3.98. The Hall–Kier alpha value is -2.34. The molecule has 140 valence electrons. The highest BCUT2D eigenvalue weighted by Gasteiger charge is 2.16. The van der Waals surface area contributed by atoms with Crippen molar-refractivity contribution in [3.05, 3.63) is 94.2 Å². The highest BCUT2D eigenvalue weighted by Crippen LogP contribution is 2.30. The van der Waals surface area contributed by atoms with Gasteiger partial charge in [0.2, 0.25) is 0 Å². The summed E-state index contributed by atoms with van der Waals surface area (Å²) in [7, 11) is 0. The molecule has 3 nitrogen and oxygen atoms in total. The molecule has 7 heteroatoms. The summed E-state index contributed by atoms with van der Waals surface area (Å²) < 4.78 is 15.3. The zero-order chi connectivity index (χ0) is 19.5. The molecule has 0 spiro atoms. The highest BCUT2D eigenvalue weighted by atomic mass is 35.5. The minimum atomic E-state index is -0.294. The third-order valence-corrected chi connectivity index (χ3v) is 5.56. The number of halogens is 3. The van der Waals surface area contributed by atoms with Crippen LogP contribution in [-0.2, 0) is 5.75 Å². The molecule has 0 saturated carbocycles. The van der Waals surface area contributed by atoms with E-state index in [1.807, 2.05) is 41.0 Å². The van der Waals surface area contributed by atoms with Crippen molar-refractivity contribution in [2.24, 2.45) is 0 Å². The fraction of sp³-hybridized carbons (Fsp3) is 0.0476. The second-order valence-electron chi connectivity index (χ2n) is 6.04. The third-order valence-electron chi connectivity index (χ3n) is 4.08. The van der Waals surface area contributed by atoms with Gasteiger partial charge in [0.15, 0.2) is 11.0 Å². The molecule has 0 fully saturated rings. The van der Waals surface area contributed by atoms with Crippen molar-refractivity contribution in [1.29, 1.82) is 0 Å². The van der Waals surface area contributed by atoms with Gasteiger partial charge in [-0.1, -0.05) is 47.1 Å². The van der Waals surface area contributed by atoms with Crippen LogP contribution >= 0.6 is 35.0 Å². The van der Waals surface area contributed by atoms with Crippen LogP contribution in [0.5, 0.6) is 0 Å².